The van der Waals surface area contributed by atoms with Crippen LogP contribution in [-0.2, 0) is 13.0 Å². The fourth-order valence-electron chi connectivity index (χ4n) is 3.19. The summed E-state index contributed by atoms with van der Waals surface area (Å²) in [5.41, 5.74) is 2.54. The summed E-state index contributed by atoms with van der Waals surface area (Å²) in [6.07, 6.45) is 3.27. The van der Waals surface area contributed by atoms with E-state index in [2.05, 4.69) is 22.0 Å². The van der Waals surface area contributed by atoms with Gasteiger partial charge in [0.15, 0.2) is 11.5 Å². The number of anilines is 1. The minimum atomic E-state index is 0.490. The van der Waals surface area contributed by atoms with E-state index >= 15 is 0 Å². The van der Waals surface area contributed by atoms with Crippen LogP contribution in [0.25, 0.3) is 0 Å². The highest BCUT2D eigenvalue weighted by Crippen LogP contribution is 2.40. The van der Waals surface area contributed by atoms with Gasteiger partial charge < -0.3 is 14.4 Å². The molecule has 2 aliphatic rings. The lowest BCUT2D eigenvalue weighted by Crippen LogP contribution is -2.31. The normalized spacial score (nSPS) is 16.7. The van der Waals surface area contributed by atoms with Crippen LogP contribution in [0.5, 0.6) is 11.5 Å². The molecule has 126 valence electrons. The van der Waals surface area contributed by atoms with Crippen molar-refractivity contribution in [3.63, 3.8) is 0 Å². The first-order chi connectivity index (χ1) is 11.7. The molecule has 5 nitrogen and oxygen atoms in total. The SMILES string of the molecule is COc1cc2c(cc1OC)CN(c1cc(Cl)nc(C3CC3)n1)CC2. The first-order valence-corrected chi connectivity index (χ1v) is 8.59. The zero-order valence-corrected chi connectivity index (χ0v) is 14.6. The van der Waals surface area contributed by atoms with Gasteiger partial charge in [0.2, 0.25) is 0 Å². The summed E-state index contributed by atoms with van der Waals surface area (Å²) in [6.45, 7) is 1.69. The summed E-state index contributed by atoms with van der Waals surface area (Å²) in [5, 5.41) is 0.528. The van der Waals surface area contributed by atoms with Crippen molar-refractivity contribution in [1.82, 2.24) is 9.97 Å². The molecule has 0 unspecified atom stereocenters. The van der Waals surface area contributed by atoms with Crippen LogP contribution in [0.15, 0.2) is 18.2 Å². The summed E-state index contributed by atoms with van der Waals surface area (Å²) in [4.78, 5) is 11.4. The van der Waals surface area contributed by atoms with Crippen molar-refractivity contribution in [2.75, 3.05) is 25.7 Å². The lowest BCUT2D eigenvalue weighted by molar-refractivity contribution is 0.353. The number of ether oxygens (including phenoxy) is 2. The Kier molecular flexibility index (Phi) is 3.96. The number of aromatic nitrogens is 2. The summed E-state index contributed by atoms with van der Waals surface area (Å²) in [5.74, 6) is 3.83. The first kappa shape index (κ1) is 15.5. The summed E-state index contributed by atoms with van der Waals surface area (Å²) in [6, 6.07) is 6.00. The monoisotopic (exact) mass is 345 g/mol. The molecule has 1 aromatic heterocycles. The van der Waals surface area contributed by atoms with Gasteiger partial charge in [0, 0.05) is 25.1 Å². The number of hydrogen-bond acceptors (Lipinski definition) is 5. The van der Waals surface area contributed by atoms with E-state index in [1.54, 1.807) is 14.2 Å². The van der Waals surface area contributed by atoms with Gasteiger partial charge in [-0.05, 0) is 42.5 Å². The number of benzene rings is 1. The molecule has 0 bridgehead atoms. The largest absolute Gasteiger partial charge is 0.493 e. The van der Waals surface area contributed by atoms with Crippen LogP contribution < -0.4 is 14.4 Å². The van der Waals surface area contributed by atoms with Crippen molar-refractivity contribution in [1.29, 1.82) is 0 Å². The van der Waals surface area contributed by atoms with Crippen molar-refractivity contribution in [2.24, 2.45) is 0 Å². The lowest BCUT2D eigenvalue weighted by atomic mass is 9.99. The highest BCUT2D eigenvalue weighted by atomic mass is 35.5. The fraction of sp³-hybridized carbons (Fsp3) is 0.444. The standard InChI is InChI=1S/C18H20ClN3O2/c1-23-14-7-12-5-6-22(10-13(12)8-15(14)24-2)17-9-16(19)20-18(21-17)11-3-4-11/h7-9,11H,3-6,10H2,1-2H3. The van der Waals surface area contributed by atoms with E-state index in [-0.39, 0.29) is 0 Å². The molecule has 24 heavy (non-hydrogen) atoms. The molecule has 0 amide bonds. The summed E-state index contributed by atoms with van der Waals surface area (Å²) in [7, 11) is 3.33. The second-order valence-electron chi connectivity index (χ2n) is 6.33. The zero-order valence-electron chi connectivity index (χ0n) is 13.9. The third-order valence-electron chi connectivity index (χ3n) is 4.68. The van der Waals surface area contributed by atoms with Crippen LogP contribution in [0, 0.1) is 0 Å². The second kappa shape index (κ2) is 6.13. The molecule has 0 saturated heterocycles. The number of rotatable bonds is 4. The number of methoxy groups -OCH3 is 2. The molecule has 0 radical (unpaired) electrons. The van der Waals surface area contributed by atoms with Crippen LogP contribution in [0.1, 0.15) is 35.7 Å². The van der Waals surface area contributed by atoms with Crippen LogP contribution in [0.3, 0.4) is 0 Å². The second-order valence-corrected chi connectivity index (χ2v) is 6.72. The number of fused-ring (bicyclic) bond motifs is 1. The number of hydrogen-bond donors (Lipinski definition) is 0. The van der Waals surface area contributed by atoms with Crippen LogP contribution in [-0.4, -0.2) is 30.7 Å². The number of nitrogens with zero attached hydrogens (tertiary/aromatic N) is 3. The van der Waals surface area contributed by atoms with Gasteiger partial charge in [0.05, 0.1) is 14.2 Å². The highest BCUT2D eigenvalue weighted by Gasteiger charge is 2.28. The van der Waals surface area contributed by atoms with Crippen molar-refractivity contribution in [3.8, 4) is 11.5 Å². The molecule has 2 aromatic rings. The van der Waals surface area contributed by atoms with Gasteiger partial charge in [0.1, 0.15) is 16.8 Å². The summed E-state index contributed by atoms with van der Waals surface area (Å²) >= 11 is 6.21. The minimum absolute atomic E-state index is 0.490. The van der Waals surface area contributed by atoms with Crippen LogP contribution in [0.4, 0.5) is 5.82 Å². The molecule has 1 aliphatic heterocycles. The van der Waals surface area contributed by atoms with E-state index in [9.17, 15) is 0 Å². The molecule has 0 N–H and O–H groups in total. The highest BCUT2D eigenvalue weighted by molar-refractivity contribution is 6.29. The van der Waals surface area contributed by atoms with Crippen molar-refractivity contribution in [3.05, 3.63) is 40.3 Å². The third-order valence-corrected chi connectivity index (χ3v) is 4.88. The molecule has 0 spiro atoms. The molecule has 1 aromatic carbocycles. The predicted octanol–water partition coefficient (Wildman–Crippen LogP) is 3.59. The van der Waals surface area contributed by atoms with Gasteiger partial charge in [-0.25, -0.2) is 9.97 Å². The maximum Gasteiger partial charge on any atom is 0.161 e. The first-order valence-electron chi connectivity index (χ1n) is 8.21. The van der Waals surface area contributed by atoms with Gasteiger partial charge in [-0.3, -0.25) is 0 Å². The van der Waals surface area contributed by atoms with Crippen LogP contribution in [0.2, 0.25) is 5.15 Å². The smallest absolute Gasteiger partial charge is 0.161 e. The Labute approximate surface area is 146 Å². The lowest BCUT2D eigenvalue weighted by Gasteiger charge is -2.30. The van der Waals surface area contributed by atoms with E-state index in [1.165, 1.54) is 24.0 Å². The average Bonchev–Trinajstić information content (AvgIpc) is 3.44. The Hall–Kier alpha value is -2.01. The topological polar surface area (TPSA) is 47.5 Å². The zero-order chi connectivity index (χ0) is 16.7. The Morgan fingerprint density at radius 1 is 1.04 bits per heavy atom. The van der Waals surface area contributed by atoms with Crippen molar-refractivity contribution in [2.45, 2.75) is 31.7 Å². The van der Waals surface area contributed by atoms with Gasteiger partial charge in [0.25, 0.3) is 0 Å². The maximum atomic E-state index is 6.21. The molecule has 2 heterocycles. The van der Waals surface area contributed by atoms with Gasteiger partial charge in [-0.1, -0.05) is 11.6 Å². The Balaban J connectivity index is 1.64. The van der Waals surface area contributed by atoms with Crippen molar-refractivity contribution < 1.29 is 9.47 Å². The minimum Gasteiger partial charge on any atom is -0.493 e. The molecule has 6 heteroatoms. The Morgan fingerprint density at radius 3 is 2.42 bits per heavy atom. The molecular weight excluding hydrogens is 326 g/mol. The van der Waals surface area contributed by atoms with E-state index in [4.69, 9.17) is 26.1 Å². The van der Waals surface area contributed by atoms with Crippen LogP contribution >= 0.6 is 11.6 Å². The predicted molar refractivity (Wildman–Crippen MR) is 93.3 cm³/mol. The summed E-state index contributed by atoms with van der Waals surface area (Å²) < 4.78 is 10.8. The Morgan fingerprint density at radius 2 is 1.75 bits per heavy atom. The quantitative estimate of drug-likeness (QED) is 0.792. The fourth-order valence-corrected chi connectivity index (χ4v) is 3.37. The molecular formula is C18H20ClN3O2. The van der Waals surface area contributed by atoms with E-state index in [0.29, 0.717) is 11.1 Å². The van der Waals surface area contributed by atoms with Gasteiger partial charge in [-0.2, -0.15) is 0 Å². The van der Waals surface area contributed by atoms with E-state index < -0.39 is 0 Å². The average molecular weight is 346 g/mol. The van der Waals surface area contributed by atoms with Gasteiger partial charge in [-0.15, -0.1) is 0 Å². The van der Waals surface area contributed by atoms with Crippen molar-refractivity contribution >= 4 is 17.4 Å². The third kappa shape index (κ3) is 2.88. The van der Waals surface area contributed by atoms with E-state index in [1.807, 2.05) is 6.07 Å². The molecule has 1 fully saturated rings. The number of halogens is 1. The molecule has 1 saturated carbocycles. The molecule has 0 atom stereocenters. The maximum absolute atomic E-state index is 6.21. The Bertz CT molecular complexity index is 777. The molecule has 1 aliphatic carbocycles. The molecule has 4 rings (SSSR count). The van der Waals surface area contributed by atoms with Gasteiger partial charge >= 0.3 is 0 Å². The van der Waals surface area contributed by atoms with E-state index in [0.717, 1.165) is 42.7 Å².